The zero-order valence-corrected chi connectivity index (χ0v) is 25.2. The first-order chi connectivity index (χ1) is 22.3. The van der Waals surface area contributed by atoms with E-state index in [1.807, 2.05) is 11.8 Å². The first kappa shape index (κ1) is 25.0. The van der Waals surface area contributed by atoms with Gasteiger partial charge in [-0.05, 0) is 100 Å². The van der Waals surface area contributed by atoms with Crippen molar-refractivity contribution >= 4 is 65.6 Å². The van der Waals surface area contributed by atoms with Crippen LogP contribution in [-0.2, 0) is 0 Å². The van der Waals surface area contributed by atoms with E-state index < -0.39 is 0 Å². The molecule has 0 N–H and O–H groups in total. The number of rotatable bonds is 2. The number of hydrogen-bond acceptors (Lipinski definition) is 1. The average molecular weight is 587 g/mol. The molecular weight excluding hydrogens is 561 g/mol. The van der Waals surface area contributed by atoms with Gasteiger partial charge in [-0.15, -0.1) is 0 Å². The van der Waals surface area contributed by atoms with Crippen LogP contribution in [0.2, 0.25) is 0 Å². The highest BCUT2D eigenvalue weighted by Gasteiger charge is 2.22. The lowest BCUT2D eigenvalue weighted by Gasteiger charge is -2.22. The molecule has 0 bridgehead atoms. The first-order valence-corrected chi connectivity index (χ1v) is 16.3. The van der Waals surface area contributed by atoms with E-state index in [0.29, 0.717) is 0 Å². The Balaban J connectivity index is 1.35. The van der Waals surface area contributed by atoms with Crippen LogP contribution in [0.3, 0.4) is 0 Å². The van der Waals surface area contributed by atoms with Gasteiger partial charge in [0.2, 0.25) is 0 Å². The van der Waals surface area contributed by atoms with Gasteiger partial charge in [-0.2, -0.15) is 0 Å². The van der Waals surface area contributed by atoms with E-state index in [4.69, 9.17) is 0 Å². The molecule has 0 aliphatic carbocycles. The Kier molecular flexibility index (Phi) is 5.31. The minimum atomic E-state index is 1.26. The Morgan fingerprint density at radius 1 is 0.289 bits per heavy atom. The summed E-state index contributed by atoms with van der Waals surface area (Å²) in [5.41, 5.74) is 7.80. The summed E-state index contributed by atoms with van der Waals surface area (Å²) in [5, 5.41) is 12.9. The molecule has 1 heteroatoms. The highest BCUT2D eigenvalue weighted by Crippen LogP contribution is 2.51. The highest BCUT2D eigenvalue weighted by atomic mass is 32.2. The van der Waals surface area contributed by atoms with Gasteiger partial charge in [0.25, 0.3) is 0 Å². The Bertz CT molecular complexity index is 2670. The van der Waals surface area contributed by atoms with Gasteiger partial charge in [-0.1, -0.05) is 151 Å². The van der Waals surface area contributed by atoms with E-state index >= 15 is 0 Å². The molecule has 0 saturated heterocycles. The minimum absolute atomic E-state index is 1.26. The molecule has 0 nitrogen and oxygen atoms in total. The maximum Gasteiger partial charge on any atom is 0.0207 e. The SMILES string of the molecule is c1ccc2c(c1)Sc1ccc(-c3cccc4c(-c5cccc6ccccc56)c5c(ccc6ccccc65)cc34)c3cccc-2c13. The molecule has 0 radical (unpaired) electrons. The van der Waals surface area contributed by atoms with Crippen molar-refractivity contribution in [1.29, 1.82) is 0 Å². The molecule has 0 unspecified atom stereocenters. The Hall–Kier alpha value is -5.37. The van der Waals surface area contributed by atoms with Gasteiger partial charge in [0, 0.05) is 15.2 Å². The molecule has 0 fully saturated rings. The zero-order valence-electron chi connectivity index (χ0n) is 24.4. The molecule has 45 heavy (non-hydrogen) atoms. The molecule has 1 heterocycles. The van der Waals surface area contributed by atoms with Gasteiger partial charge in [0.05, 0.1) is 0 Å². The second-order valence-electron chi connectivity index (χ2n) is 12.0. The third-order valence-corrected chi connectivity index (χ3v) is 10.8. The molecule has 0 aromatic heterocycles. The van der Waals surface area contributed by atoms with Gasteiger partial charge in [0.1, 0.15) is 0 Å². The van der Waals surface area contributed by atoms with Gasteiger partial charge in [-0.3, -0.25) is 0 Å². The fourth-order valence-electron chi connectivity index (χ4n) is 7.69. The largest absolute Gasteiger partial charge is 0.0888 e. The van der Waals surface area contributed by atoms with Crippen LogP contribution >= 0.6 is 11.8 Å². The van der Waals surface area contributed by atoms with E-state index in [1.54, 1.807) is 0 Å². The topological polar surface area (TPSA) is 0 Å². The molecule has 1 aliphatic rings. The van der Waals surface area contributed by atoms with Crippen molar-refractivity contribution in [3.05, 3.63) is 158 Å². The van der Waals surface area contributed by atoms with E-state index in [0.717, 1.165) is 0 Å². The Morgan fingerprint density at radius 3 is 1.80 bits per heavy atom. The van der Waals surface area contributed by atoms with E-state index in [2.05, 4.69) is 158 Å². The molecule has 208 valence electrons. The van der Waals surface area contributed by atoms with Crippen LogP contribution in [-0.4, -0.2) is 0 Å². The van der Waals surface area contributed by atoms with Crippen molar-refractivity contribution in [1.82, 2.24) is 0 Å². The normalized spacial score (nSPS) is 12.4. The zero-order chi connectivity index (χ0) is 29.5. The van der Waals surface area contributed by atoms with Gasteiger partial charge in [0.15, 0.2) is 0 Å². The monoisotopic (exact) mass is 586 g/mol. The summed E-state index contributed by atoms with van der Waals surface area (Å²) in [5.74, 6) is 0. The van der Waals surface area contributed by atoms with Crippen molar-refractivity contribution in [2.45, 2.75) is 9.79 Å². The maximum absolute atomic E-state index is 2.43. The lowest BCUT2D eigenvalue weighted by Crippen LogP contribution is -1.95. The summed E-state index contributed by atoms with van der Waals surface area (Å²) >= 11 is 1.89. The van der Waals surface area contributed by atoms with Crippen LogP contribution in [0.1, 0.15) is 0 Å². The van der Waals surface area contributed by atoms with E-state index in [-0.39, 0.29) is 0 Å². The second kappa shape index (κ2) is 9.56. The van der Waals surface area contributed by atoms with Crippen LogP contribution in [0.15, 0.2) is 168 Å². The third kappa shape index (κ3) is 3.62. The molecule has 0 saturated carbocycles. The predicted octanol–water partition coefficient (Wildman–Crippen LogP) is 12.9. The lowest BCUT2D eigenvalue weighted by molar-refractivity contribution is 1.40. The highest BCUT2D eigenvalue weighted by molar-refractivity contribution is 7.99. The molecule has 10 rings (SSSR count). The predicted molar refractivity (Wildman–Crippen MR) is 194 cm³/mol. The number of fused-ring (bicyclic) bond motifs is 7. The number of hydrogen-bond donors (Lipinski definition) is 0. The van der Waals surface area contributed by atoms with Gasteiger partial charge in [-0.25, -0.2) is 0 Å². The van der Waals surface area contributed by atoms with Crippen LogP contribution < -0.4 is 0 Å². The quantitative estimate of drug-likeness (QED) is 0.143. The van der Waals surface area contributed by atoms with Crippen molar-refractivity contribution in [2.24, 2.45) is 0 Å². The fourth-order valence-corrected chi connectivity index (χ4v) is 8.82. The molecular formula is C44H26S. The van der Waals surface area contributed by atoms with E-state index in [9.17, 15) is 0 Å². The summed E-state index contributed by atoms with van der Waals surface area (Å²) in [6.45, 7) is 0. The average Bonchev–Trinajstić information content (AvgIpc) is 3.10. The summed E-state index contributed by atoms with van der Waals surface area (Å²) in [7, 11) is 0. The summed E-state index contributed by atoms with van der Waals surface area (Å²) < 4.78 is 0. The lowest BCUT2D eigenvalue weighted by atomic mass is 9.84. The van der Waals surface area contributed by atoms with Gasteiger partial charge >= 0.3 is 0 Å². The van der Waals surface area contributed by atoms with Crippen LogP contribution in [0.5, 0.6) is 0 Å². The van der Waals surface area contributed by atoms with Crippen LogP contribution in [0.4, 0.5) is 0 Å². The van der Waals surface area contributed by atoms with Crippen LogP contribution in [0, 0.1) is 0 Å². The van der Waals surface area contributed by atoms with Gasteiger partial charge < -0.3 is 0 Å². The van der Waals surface area contributed by atoms with Crippen molar-refractivity contribution in [3.63, 3.8) is 0 Å². The molecule has 0 amide bonds. The van der Waals surface area contributed by atoms with Crippen molar-refractivity contribution in [2.75, 3.05) is 0 Å². The Morgan fingerprint density at radius 2 is 0.889 bits per heavy atom. The standard InChI is InChI=1S/C44H26S/c1-3-13-30-27(10-1)12-7-17-35(30)44-38-20-8-16-32(39(38)26-29-23-22-28-11-2-4-14-31(28)42(29)44)33-24-25-41-43-36(33)18-9-19-37(43)34-15-5-6-21-40(34)45-41/h1-26H. The number of benzene rings is 9. The maximum atomic E-state index is 2.43. The van der Waals surface area contributed by atoms with E-state index in [1.165, 1.54) is 97.0 Å². The summed E-state index contributed by atoms with van der Waals surface area (Å²) in [4.78, 5) is 2.66. The first-order valence-electron chi connectivity index (χ1n) is 15.5. The second-order valence-corrected chi connectivity index (χ2v) is 13.1. The minimum Gasteiger partial charge on any atom is -0.0888 e. The third-order valence-electron chi connectivity index (χ3n) is 9.64. The molecule has 9 aromatic carbocycles. The summed E-state index contributed by atoms with van der Waals surface area (Å²) in [6, 6.07) is 58.6. The molecule has 0 spiro atoms. The Labute approximate surface area is 265 Å². The van der Waals surface area contributed by atoms with Crippen molar-refractivity contribution in [3.8, 4) is 33.4 Å². The molecule has 9 aromatic rings. The smallest absolute Gasteiger partial charge is 0.0207 e. The van der Waals surface area contributed by atoms with Crippen molar-refractivity contribution < 1.29 is 0 Å². The fraction of sp³-hybridized carbons (Fsp3) is 0. The molecule has 1 aliphatic heterocycles. The van der Waals surface area contributed by atoms with Crippen LogP contribution in [0.25, 0.3) is 87.2 Å². The molecule has 0 atom stereocenters. The summed E-state index contributed by atoms with van der Waals surface area (Å²) in [6.07, 6.45) is 0.